The Bertz CT molecular complexity index is 482. The van der Waals surface area contributed by atoms with Crippen LogP contribution in [0.25, 0.3) is 0 Å². The number of carbonyl (C=O) groups is 1. The lowest BCUT2D eigenvalue weighted by Gasteiger charge is -2.57. The number of hydrogen-bond donors (Lipinski definition) is 1. The van der Waals surface area contributed by atoms with Gasteiger partial charge in [-0.2, -0.15) is 5.10 Å². The predicted octanol–water partition coefficient (Wildman–Crippen LogP) is 1.91. The molecule has 122 valence electrons. The molecule has 0 radical (unpaired) electrons. The molecule has 2 atom stereocenters. The molecule has 0 unspecified atom stereocenters. The van der Waals surface area contributed by atoms with E-state index in [0.717, 1.165) is 13.0 Å². The van der Waals surface area contributed by atoms with Crippen LogP contribution in [0.5, 0.6) is 0 Å². The Morgan fingerprint density at radius 1 is 1.41 bits per heavy atom. The number of aromatic nitrogens is 3. The lowest BCUT2D eigenvalue weighted by atomic mass is 9.55. The van der Waals surface area contributed by atoms with E-state index in [1.807, 2.05) is 0 Å². The molecule has 1 aromatic rings. The van der Waals surface area contributed by atoms with Crippen LogP contribution in [0.1, 0.15) is 51.9 Å². The van der Waals surface area contributed by atoms with E-state index in [-0.39, 0.29) is 17.4 Å². The topological polar surface area (TPSA) is 69.0 Å². The van der Waals surface area contributed by atoms with E-state index in [4.69, 9.17) is 4.74 Å². The first-order chi connectivity index (χ1) is 10.7. The van der Waals surface area contributed by atoms with E-state index in [0.29, 0.717) is 19.1 Å². The summed E-state index contributed by atoms with van der Waals surface area (Å²) in [7, 11) is 0. The Labute approximate surface area is 131 Å². The third-order valence-electron chi connectivity index (χ3n) is 5.31. The van der Waals surface area contributed by atoms with Crippen LogP contribution in [0.3, 0.4) is 0 Å². The maximum atomic E-state index is 12.2. The summed E-state index contributed by atoms with van der Waals surface area (Å²) in [5.74, 6) is 0.111. The zero-order valence-corrected chi connectivity index (χ0v) is 13.3. The Kier molecular flexibility index (Phi) is 4.76. The number of aryl methyl sites for hydroxylation is 1. The maximum Gasteiger partial charge on any atom is 0.222 e. The predicted molar refractivity (Wildman–Crippen MR) is 82.1 cm³/mol. The molecule has 2 aliphatic rings. The molecule has 0 saturated heterocycles. The largest absolute Gasteiger partial charge is 0.378 e. The van der Waals surface area contributed by atoms with Crippen molar-refractivity contribution in [2.45, 2.75) is 70.6 Å². The van der Waals surface area contributed by atoms with Gasteiger partial charge in [0.1, 0.15) is 12.7 Å². The molecule has 3 rings (SSSR count). The number of rotatable bonds is 6. The van der Waals surface area contributed by atoms with Gasteiger partial charge in [0.05, 0.1) is 12.6 Å². The SMILES string of the molecule is CCO[C@@H]1C[C@@H](NC(=O)CCn2cncn2)C12CCCCC2. The van der Waals surface area contributed by atoms with Gasteiger partial charge in [-0.15, -0.1) is 0 Å². The fraction of sp³-hybridized carbons (Fsp3) is 0.812. The van der Waals surface area contributed by atoms with E-state index in [9.17, 15) is 4.79 Å². The van der Waals surface area contributed by atoms with Gasteiger partial charge in [0.15, 0.2) is 0 Å². The monoisotopic (exact) mass is 306 g/mol. The van der Waals surface area contributed by atoms with E-state index in [1.165, 1.54) is 38.4 Å². The Morgan fingerprint density at radius 3 is 2.91 bits per heavy atom. The van der Waals surface area contributed by atoms with Gasteiger partial charge in [0.2, 0.25) is 5.91 Å². The molecule has 1 spiro atoms. The molecule has 2 fully saturated rings. The van der Waals surface area contributed by atoms with Crippen molar-refractivity contribution >= 4 is 5.91 Å². The number of carbonyl (C=O) groups excluding carboxylic acids is 1. The zero-order valence-electron chi connectivity index (χ0n) is 13.3. The van der Waals surface area contributed by atoms with Gasteiger partial charge in [-0.3, -0.25) is 9.48 Å². The van der Waals surface area contributed by atoms with Crippen LogP contribution in [0.4, 0.5) is 0 Å². The molecule has 2 aliphatic carbocycles. The molecular weight excluding hydrogens is 280 g/mol. The average Bonchev–Trinajstić information content (AvgIpc) is 3.06. The number of nitrogens with zero attached hydrogens (tertiary/aromatic N) is 3. The smallest absolute Gasteiger partial charge is 0.222 e. The quantitative estimate of drug-likeness (QED) is 0.871. The normalized spacial score (nSPS) is 26.6. The number of hydrogen-bond acceptors (Lipinski definition) is 4. The number of ether oxygens (including phenoxy) is 1. The highest BCUT2D eigenvalue weighted by molar-refractivity contribution is 5.76. The fourth-order valence-corrected chi connectivity index (χ4v) is 4.10. The Hall–Kier alpha value is -1.43. The van der Waals surface area contributed by atoms with Gasteiger partial charge in [-0.05, 0) is 26.2 Å². The van der Waals surface area contributed by atoms with Gasteiger partial charge in [0.25, 0.3) is 0 Å². The molecule has 6 nitrogen and oxygen atoms in total. The van der Waals surface area contributed by atoms with Crippen molar-refractivity contribution in [3.63, 3.8) is 0 Å². The van der Waals surface area contributed by atoms with Crippen molar-refractivity contribution < 1.29 is 9.53 Å². The lowest BCUT2D eigenvalue weighted by Crippen LogP contribution is -2.65. The molecule has 6 heteroatoms. The second-order valence-electron chi connectivity index (χ2n) is 6.50. The minimum atomic E-state index is 0.111. The van der Waals surface area contributed by atoms with Crippen LogP contribution in [-0.4, -0.2) is 39.4 Å². The Morgan fingerprint density at radius 2 is 2.23 bits per heavy atom. The number of nitrogens with one attached hydrogen (secondary N) is 1. The highest BCUT2D eigenvalue weighted by Crippen LogP contribution is 2.53. The summed E-state index contributed by atoms with van der Waals surface area (Å²) in [5, 5.41) is 7.27. The van der Waals surface area contributed by atoms with Crippen LogP contribution in [-0.2, 0) is 16.1 Å². The van der Waals surface area contributed by atoms with Crippen LogP contribution < -0.4 is 5.32 Å². The van der Waals surface area contributed by atoms with E-state index >= 15 is 0 Å². The van der Waals surface area contributed by atoms with Crippen molar-refractivity contribution in [1.82, 2.24) is 20.1 Å². The first-order valence-corrected chi connectivity index (χ1v) is 8.48. The molecule has 1 heterocycles. The van der Waals surface area contributed by atoms with Crippen LogP contribution in [0.15, 0.2) is 12.7 Å². The van der Waals surface area contributed by atoms with Crippen LogP contribution >= 0.6 is 0 Å². The van der Waals surface area contributed by atoms with Gasteiger partial charge in [-0.1, -0.05) is 19.3 Å². The van der Waals surface area contributed by atoms with Crippen molar-refractivity contribution in [2.75, 3.05) is 6.61 Å². The third-order valence-corrected chi connectivity index (χ3v) is 5.31. The molecule has 1 aromatic heterocycles. The van der Waals surface area contributed by atoms with Gasteiger partial charge < -0.3 is 10.1 Å². The summed E-state index contributed by atoms with van der Waals surface area (Å²) in [5.41, 5.74) is 0.192. The second-order valence-corrected chi connectivity index (χ2v) is 6.50. The molecule has 0 bridgehead atoms. The summed E-state index contributed by atoms with van der Waals surface area (Å²) in [6, 6.07) is 0.285. The second kappa shape index (κ2) is 6.77. The van der Waals surface area contributed by atoms with Crippen LogP contribution in [0.2, 0.25) is 0 Å². The first kappa shape index (κ1) is 15.5. The van der Waals surface area contributed by atoms with E-state index < -0.39 is 0 Å². The summed E-state index contributed by atoms with van der Waals surface area (Å²) in [4.78, 5) is 16.1. The first-order valence-electron chi connectivity index (χ1n) is 8.48. The fourth-order valence-electron chi connectivity index (χ4n) is 4.10. The molecule has 22 heavy (non-hydrogen) atoms. The van der Waals surface area contributed by atoms with E-state index in [2.05, 4.69) is 22.3 Å². The lowest BCUT2D eigenvalue weighted by molar-refractivity contribution is -0.157. The number of amides is 1. The van der Waals surface area contributed by atoms with Gasteiger partial charge in [-0.25, -0.2) is 4.98 Å². The molecule has 1 N–H and O–H groups in total. The summed E-state index contributed by atoms with van der Waals surface area (Å²) in [6.07, 6.45) is 11.1. The van der Waals surface area contributed by atoms with Crippen molar-refractivity contribution in [3.05, 3.63) is 12.7 Å². The van der Waals surface area contributed by atoms with Crippen molar-refractivity contribution in [2.24, 2.45) is 5.41 Å². The molecule has 0 aromatic carbocycles. The Balaban J connectivity index is 1.53. The van der Waals surface area contributed by atoms with Gasteiger partial charge >= 0.3 is 0 Å². The summed E-state index contributed by atoms with van der Waals surface area (Å²) in [6.45, 7) is 3.40. The molecule has 0 aliphatic heterocycles. The van der Waals surface area contributed by atoms with Crippen molar-refractivity contribution in [3.8, 4) is 0 Å². The summed E-state index contributed by atoms with van der Waals surface area (Å²) < 4.78 is 7.62. The standard InChI is InChI=1S/C16H26N4O2/c1-2-22-14-10-13(16(14)7-4-3-5-8-16)19-15(21)6-9-20-12-17-11-18-20/h11-14H,2-10H2,1H3,(H,19,21)/t13-,14-/m1/s1. The highest BCUT2D eigenvalue weighted by atomic mass is 16.5. The highest BCUT2D eigenvalue weighted by Gasteiger charge is 2.55. The zero-order chi connectivity index (χ0) is 15.4. The summed E-state index contributed by atoms with van der Waals surface area (Å²) >= 11 is 0. The van der Waals surface area contributed by atoms with Crippen LogP contribution in [0, 0.1) is 5.41 Å². The molecule has 1 amide bonds. The third kappa shape index (κ3) is 3.02. The minimum absolute atomic E-state index is 0.111. The van der Waals surface area contributed by atoms with Gasteiger partial charge in [0, 0.05) is 24.5 Å². The maximum absolute atomic E-state index is 12.2. The molecule has 2 saturated carbocycles. The average molecular weight is 306 g/mol. The minimum Gasteiger partial charge on any atom is -0.378 e. The van der Waals surface area contributed by atoms with Crippen molar-refractivity contribution in [1.29, 1.82) is 0 Å². The van der Waals surface area contributed by atoms with E-state index in [1.54, 1.807) is 11.0 Å². The molecular formula is C16H26N4O2.